The molecule has 5 rings (SSSR count). The van der Waals surface area contributed by atoms with E-state index >= 15 is 0 Å². The molecular formula is C15H18Cl2N4. The number of nitrogens with one attached hydrogen (secondary N) is 2. The van der Waals surface area contributed by atoms with E-state index in [0.29, 0.717) is 10.0 Å². The van der Waals surface area contributed by atoms with Gasteiger partial charge in [0.15, 0.2) is 0 Å². The summed E-state index contributed by atoms with van der Waals surface area (Å²) in [5.74, 6) is 2.54. The molecule has 112 valence electrons. The molecule has 2 bridgehead atoms. The van der Waals surface area contributed by atoms with Crippen LogP contribution in [0, 0.1) is 5.92 Å². The Kier molecular flexibility index (Phi) is 3.28. The first-order valence-electron chi connectivity index (χ1n) is 7.43. The molecule has 0 amide bonds. The van der Waals surface area contributed by atoms with Crippen LogP contribution in [0.2, 0.25) is 10.0 Å². The van der Waals surface area contributed by atoms with Gasteiger partial charge in [-0.05, 0) is 44.3 Å². The van der Waals surface area contributed by atoms with Crippen molar-refractivity contribution in [3.05, 3.63) is 34.2 Å². The summed E-state index contributed by atoms with van der Waals surface area (Å²) in [6, 6.07) is 1.76. The smallest absolute Gasteiger partial charge is 0.132 e. The minimum Gasteiger partial charge on any atom is -0.365 e. The summed E-state index contributed by atoms with van der Waals surface area (Å²) < 4.78 is 0. The first kappa shape index (κ1) is 13.7. The average molecular weight is 325 g/mol. The summed E-state index contributed by atoms with van der Waals surface area (Å²) in [5.41, 5.74) is 0.217. The van der Waals surface area contributed by atoms with Gasteiger partial charge in [0.2, 0.25) is 0 Å². The first-order chi connectivity index (χ1) is 10.1. The van der Waals surface area contributed by atoms with Crippen molar-refractivity contribution in [2.45, 2.75) is 24.8 Å². The zero-order valence-electron chi connectivity index (χ0n) is 11.7. The van der Waals surface area contributed by atoms with Crippen LogP contribution in [0.3, 0.4) is 0 Å². The van der Waals surface area contributed by atoms with Gasteiger partial charge in [-0.2, -0.15) is 0 Å². The predicted molar refractivity (Wildman–Crippen MR) is 85.6 cm³/mol. The van der Waals surface area contributed by atoms with Crippen molar-refractivity contribution in [2.75, 3.05) is 25.0 Å². The molecule has 0 unspecified atom stereocenters. The summed E-state index contributed by atoms with van der Waals surface area (Å²) in [7, 11) is 0. The number of nitrogens with zero attached hydrogens (tertiary/aromatic N) is 2. The van der Waals surface area contributed by atoms with Crippen LogP contribution in [0.1, 0.15) is 19.3 Å². The molecular weight excluding hydrogens is 307 g/mol. The van der Waals surface area contributed by atoms with Crippen LogP contribution in [0.5, 0.6) is 0 Å². The summed E-state index contributed by atoms with van der Waals surface area (Å²) in [6.07, 6.45) is 7.51. The van der Waals surface area contributed by atoms with Gasteiger partial charge in [0, 0.05) is 18.8 Å². The van der Waals surface area contributed by atoms with Crippen molar-refractivity contribution in [2.24, 2.45) is 5.92 Å². The predicted octanol–water partition coefficient (Wildman–Crippen LogP) is 3.10. The molecule has 1 aromatic rings. The molecule has 21 heavy (non-hydrogen) atoms. The maximum Gasteiger partial charge on any atom is 0.132 e. The number of aromatic nitrogens is 1. The van der Waals surface area contributed by atoms with Gasteiger partial charge in [0.25, 0.3) is 0 Å². The second kappa shape index (κ2) is 5.04. The van der Waals surface area contributed by atoms with Crippen molar-refractivity contribution >= 4 is 29.0 Å². The molecule has 4 nitrogen and oxygen atoms in total. The molecule has 5 heterocycles. The second-order valence-corrected chi connectivity index (χ2v) is 7.08. The van der Waals surface area contributed by atoms with E-state index in [1.807, 2.05) is 0 Å². The molecule has 0 aliphatic carbocycles. The number of halogens is 2. The van der Waals surface area contributed by atoms with Crippen LogP contribution in [-0.4, -0.2) is 35.1 Å². The van der Waals surface area contributed by atoms with Gasteiger partial charge < -0.3 is 15.5 Å². The molecule has 4 aliphatic heterocycles. The molecule has 3 saturated heterocycles. The Morgan fingerprint density at radius 3 is 2.76 bits per heavy atom. The average Bonchev–Trinajstić information content (AvgIpc) is 2.87. The molecule has 1 aromatic heterocycles. The quantitative estimate of drug-likeness (QED) is 0.877. The minimum absolute atomic E-state index is 0.217. The van der Waals surface area contributed by atoms with E-state index in [-0.39, 0.29) is 5.54 Å². The van der Waals surface area contributed by atoms with Crippen LogP contribution in [0.25, 0.3) is 0 Å². The van der Waals surface area contributed by atoms with E-state index in [0.717, 1.165) is 30.5 Å². The lowest BCUT2D eigenvalue weighted by Crippen LogP contribution is -2.64. The second-order valence-electron chi connectivity index (χ2n) is 6.26. The minimum atomic E-state index is 0.217. The van der Waals surface area contributed by atoms with Crippen molar-refractivity contribution in [1.82, 2.24) is 15.2 Å². The summed E-state index contributed by atoms with van der Waals surface area (Å²) >= 11 is 11.9. The van der Waals surface area contributed by atoms with Gasteiger partial charge in [-0.25, -0.2) is 4.98 Å². The van der Waals surface area contributed by atoms with Gasteiger partial charge in [0.05, 0.1) is 15.6 Å². The molecule has 1 atom stereocenters. The summed E-state index contributed by atoms with van der Waals surface area (Å²) in [4.78, 5) is 6.84. The van der Waals surface area contributed by atoms with Gasteiger partial charge >= 0.3 is 0 Å². The number of hydrogen-bond acceptors (Lipinski definition) is 4. The Hall–Kier alpha value is -0.970. The fourth-order valence-electron chi connectivity index (χ4n) is 3.90. The highest BCUT2D eigenvalue weighted by Gasteiger charge is 2.48. The number of rotatable bonds is 2. The third-order valence-electron chi connectivity index (χ3n) is 5.00. The standard InChI is InChI=1S/C15H18Cl2N4/c16-11-7-14(18-8-12(11)17)19-13-1-4-15(20-13)9-21-5-2-10(15)3-6-21/h1,7-8,10,20H,2-6,9H2,(H,18,19)/t15-/m0/s1. The lowest BCUT2D eigenvalue weighted by atomic mass is 9.72. The molecule has 6 heteroatoms. The Labute approximate surface area is 134 Å². The fourth-order valence-corrected chi connectivity index (χ4v) is 4.16. The van der Waals surface area contributed by atoms with Gasteiger partial charge in [0.1, 0.15) is 11.6 Å². The molecule has 0 radical (unpaired) electrons. The molecule has 4 aliphatic rings. The zero-order valence-corrected chi connectivity index (χ0v) is 13.2. The molecule has 2 N–H and O–H groups in total. The molecule has 3 fully saturated rings. The summed E-state index contributed by atoms with van der Waals surface area (Å²) in [6.45, 7) is 3.66. The van der Waals surface area contributed by atoms with Crippen LogP contribution < -0.4 is 10.6 Å². The highest BCUT2D eigenvalue weighted by Crippen LogP contribution is 2.41. The number of anilines is 1. The van der Waals surface area contributed by atoms with Crippen LogP contribution in [0.4, 0.5) is 5.82 Å². The zero-order chi connectivity index (χ0) is 14.4. The van der Waals surface area contributed by atoms with E-state index in [1.54, 1.807) is 12.3 Å². The van der Waals surface area contributed by atoms with E-state index in [2.05, 4.69) is 26.6 Å². The lowest BCUT2D eigenvalue weighted by molar-refractivity contribution is 0.0189. The van der Waals surface area contributed by atoms with Crippen LogP contribution >= 0.6 is 23.2 Å². The topological polar surface area (TPSA) is 40.2 Å². The Morgan fingerprint density at radius 1 is 1.29 bits per heavy atom. The number of hydrogen-bond donors (Lipinski definition) is 2. The SMILES string of the molecule is Clc1cnc(NC2=CC[C@@]3(CN4CCC3CC4)N2)cc1Cl. The van der Waals surface area contributed by atoms with Crippen LogP contribution in [0.15, 0.2) is 24.2 Å². The Balaban J connectivity index is 1.47. The maximum absolute atomic E-state index is 6.03. The van der Waals surface area contributed by atoms with Gasteiger partial charge in [-0.1, -0.05) is 23.2 Å². The van der Waals surface area contributed by atoms with E-state index in [4.69, 9.17) is 23.2 Å². The van der Waals surface area contributed by atoms with Crippen LogP contribution in [-0.2, 0) is 0 Å². The van der Waals surface area contributed by atoms with Crippen molar-refractivity contribution in [3.8, 4) is 0 Å². The normalized spacial score (nSPS) is 33.9. The van der Waals surface area contributed by atoms with E-state index in [9.17, 15) is 0 Å². The summed E-state index contributed by atoms with van der Waals surface area (Å²) in [5, 5.41) is 8.02. The highest BCUT2D eigenvalue weighted by molar-refractivity contribution is 6.42. The number of pyridine rings is 1. The van der Waals surface area contributed by atoms with Gasteiger partial charge in [-0.15, -0.1) is 0 Å². The third-order valence-corrected chi connectivity index (χ3v) is 5.71. The number of fused-ring (bicyclic) bond motifs is 2. The Bertz CT molecular complexity index is 595. The number of piperidine rings is 3. The first-order valence-corrected chi connectivity index (χ1v) is 8.19. The largest absolute Gasteiger partial charge is 0.365 e. The molecule has 1 spiro atoms. The van der Waals surface area contributed by atoms with Crippen molar-refractivity contribution in [1.29, 1.82) is 0 Å². The highest BCUT2D eigenvalue weighted by atomic mass is 35.5. The molecule has 0 aromatic carbocycles. The lowest BCUT2D eigenvalue weighted by Gasteiger charge is -2.52. The van der Waals surface area contributed by atoms with E-state index < -0.39 is 0 Å². The maximum atomic E-state index is 6.03. The fraction of sp³-hybridized carbons (Fsp3) is 0.533. The Morgan fingerprint density at radius 2 is 2.10 bits per heavy atom. The molecule has 0 saturated carbocycles. The van der Waals surface area contributed by atoms with Crippen molar-refractivity contribution < 1.29 is 0 Å². The monoisotopic (exact) mass is 324 g/mol. The van der Waals surface area contributed by atoms with Crippen molar-refractivity contribution in [3.63, 3.8) is 0 Å². The van der Waals surface area contributed by atoms with Gasteiger partial charge in [-0.3, -0.25) is 0 Å². The van der Waals surface area contributed by atoms with E-state index in [1.165, 1.54) is 25.9 Å². The third kappa shape index (κ3) is 2.39.